The van der Waals surface area contributed by atoms with Crippen molar-refractivity contribution in [1.82, 2.24) is 9.13 Å². The van der Waals surface area contributed by atoms with Crippen molar-refractivity contribution in [2.45, 2.75) is 40.7 Å². The standard InChI is InChI=1S/C30H29N3O3S/c1-6-36-29(35)26-20(4)31-30-33(27(26)22-10-8-7-9-11-22)28(34)25(37-30)17-23-16-19(3)32(21(23)5)24-14-12-18(2)13-15-24/h7-17,27H,6H2,1-5H3/b25-17-. The zero-order valence-corrected chi connectivity index (χ0v) is 22.4. The first-order valence-electron chi connectivity index (χ1n) is 12.3. The second kappa shape index (κ2) is 9.82. The van der Waals surface area contributed by atoms with E-state index in [1.54, 1.807) is 18.4 Å². The number of thiazole rings is 1. The van der Waals surface area contributed by atoms with Gasteiger partial charge in [0.15, 0.2) is 4.80 Å². The van der Waals surface area contributed by atoms with Crippen LogP contribution in [0.4, 0.5) is 0 Å². The number of fused-ring (bicyclic) bond motifs is 1. The number of benzene rings is 2. The summed E-state index contributed by atoms with van der Waals surface area (Å²) < 4.78 is 9.76. The van der Waals surface area contributed by atoms with Crippen molar-refractivity contribution in [3.05, 3.63) is 120 Å². The molecule has 6 nitrogen and oxygen atoms in total. The van der Waals surface area contributed by atoms with Gasteiger partial charge in [-0.2, -0.15) is 0 Å². The van der Waals surface area contributed by atoms with Crippen molar-refractivity contribution in [1.29, 1.82) is 0 Å². The fraction of sp³-hybridized carbons (Fsp3) is 0.233. The number of esters is 1. The van der Waals surface area contributed by atoms with Crippen LogP contribution in [-0.4, -0.2) is 21.7 Å². The van der Waals surface area contributed by atoms with Gasteiger partial charge in [0, 0.05) is 17.1 Å². The highest BCUT2D eigenvalue weighted by Crippen LogP contribution is 2.30. The highest BCUT2D eigenvalue weighted by Gasteiger charge is 2.33. The van der Waals surface area contributed by atoms with Crippen LogP contribution in [0.3, 0.4) is 0 Å². The summed E-state index contributed by atoms with van der Waals surface area (Å²) >= 11 is 1.34. The van der Waals surface area contributed by atoms with Crippen LogP contribution >= 0.6 is 11.3 Å². The number of hydrogen-bond acceptors (Lipinski definition) is 5. The number of aryl methyl sites for hydroxylation is 2. The van der Waals surface area contributed by atoms with Crippen LogP contribution in [0.5, 0.6) is 0 Å². The molecule has 0 N–H and O–H groups in total. The predicted molar refractivity (Wildman–Crippen MR) is 147 cm³/mol. The molecule has 7 heteroatoms. The van der Waals surface area contributed by atoms with Crippen LogP contribution < -0.4 is 14.9 Å². The van der Waals surface area contributed by atoms with Crippen LogP contribution in [0, 0.1) is 20.8 Å². The molecule has 37 heavy (non-hydrogen) atoms. The molecule has 3 heterocycles. The first-order chi connectivity index (χ1) is 17.8. The molecule has 1 aliphatic rings. The smallest absolute Gasteiger partial charge is 0.338 e. The highest BCUT2D eigenvalue weighted by atomic mass is 32.1. The lowest BCUT2D eigenvalue weighted by Gasteiger charge is -2.24. The molecule has 0 fully saturated rings. The van der Waals surface area contributed by atoms with Gasteiger partial charge in [-0.1, -0.05) is 59.4 Å². The van der Waals surface area contributed by atoms with Gasteiger partial charge in [-0.25, -0.2) is 9.79 Å². The topological polar surface area (TPSA) is 65.6 Å². The van der Waals surface area contributed by atoms with Crippen molar-refractivity contribution in [3.63, 3.8) is 0 Å². The van der Waals surface area contributed by atoms with E-state index in [2.05, 4.69) is 60.7 Å². The Hall–Kier alpha value is -3.97. The largest absolute Gasteiger partial charge is 0.463 e. The highest BCUT2D eigenvalue weighted by molar-refractivity contribution is 7.07. The summed E-state index contributed by atoms with van der Waals surface area (Å²) in [6.45, 7) is 10.0. The maximum Gasteiger partial charge on any atom is 0.338 e. The molecule has 188 valence electrons. The van der Waals surface area contributed by atoms with E-state index in [4.69, 9.17) is 4.74 Å². The van der Waals surface area contributed by atoms with Gasteiger partial charge in [0.25, 0.3) is 5.56 Å². The van der Waals surface area contributed by atoms with E-state index in [9.17, 15) is 9.59 Å². The van der Waals surface area contributed by atoms with E-state index in [1.165, 1.54) is 16.9 Å². The molecule has 0 aliphatic carbocycles. The lowest BCUT2D eigenvalue weighted by atomic mass is 9.96. The second-order valence-corrected chi connectivity index (χ2v) is 10.2. The third-order valence-electron chi connectivity index (χ3n) is 6.68. The van der Waals surface area contributed by atoms with E-state index in [-0.39, 0.29) is 12.2 Å². The number of aromatic nitrogens is 2. The van der Waals surface area contributed by atoms with E-state index < -0.39 is 12.0 Å². The molecule has 0 spiro atoms. The molecular weight excluding hydrogens is 482 g/mol. The molecule has 1 atom stereocenters. The summed E-state index contributed by atoms with van der Waals surface area (Å²) in [5.74, 6) is -0.450. The lowest BCUT2D eigenvalue weighted by molar-refractivity contribution is -0.139. The van der Waals surface area contributed by atoms with Gasteiger partial charge in [-0.05, 0) is 70.0 Å². The maximum absolute atomic E-state index is 13.8. The first kappa shape index (κ1) is 24.7. The average Bonchev–Trinajstić information content (AvgIpc) is 3.33. The molecule has 1 aliphatic heterocycles. The number of rotatable bonds is 5. The molecule has 0 saturated carbocycles. The molecule has 1 unspecified atom stereocenters. The van der Waals surface area contributed by atoms with Crippen LogP contribution in [0.1, 0.15) is 48.0 Å². The quantitative estimate of drug-likeness (QED) is 0.370. The minimum Gasteiger partial charge on any atom is -0.463 e. The summed E-state index contributed by atoms with van der Waals surface area (Å²) in [6, 6.07) is 19.5. The van der Waals surface area contributed by atoms with Gasteiger partial charge >= 0.3 is 5.97 Å². The number of hydrogen-bond donors (Lipinski definition) is 0. The number of ether oxygens (including phenoxy) is 1. The number of carbonyl (C=O) groups excluding carboxylic acids is 1. The van der Waals surface area contributed by atoms with Crippen molar-refractivity contribution in [2.24, 2.45) is 4.99 Å². The van der Waals surface area contributed by atoms with Gasteiger partial charge < -0.3 is 9.30 Å². The van der Waals surface area contributed by atoms with Gasteiger partial charge in [0.05, 0.1) is 28.5 Å². The molecule has 4 aromatic rings. The maximum atomic E-state index is 13.8. The molecule has 0 radical (unpaired) electrons. The Kier molecular flexibility index (Phi) is 6.56. The first-order valence-corrected chi connectivity index (χ1v) is 13.1. The van der Waals surface area contributed by atoms with Crippen molar-refractivity contribution < 1.29 is 9.53 Å². The third-order valence-corrected chi connectivity index (χ3v) is 7.66. The Labute approximate surface area is 219 Å². The van der Waals surface area contributed by atoms with E-state index in [0.29, 0.717) is 20.6 Å². The molecule has 0 saturated heterocycles. The van der Waals surface area contributed by atoms with Gasteiger partial charge in [0.1, 0.15) is 0 Å². The second-order valence-electron chi connectivity index (χ2n) is 9.21. The van der Waals surface area contributed by atoms with Gasteiger partial charge in [-0.3, -0.25) is 9.36 Å². The fourth-order valence-electron chi connectivity index (χ4n) is 4.91. The van der Waals surface area contributed by atoms with Crippen LogP contribution in [0.2, 0.25) is 0 Å². The Morgan fingerprint density at radius 1 is 1.05 bits per heavy atom. The molecule has 0 bridgehead atoms. The van der Waals surface area contributed by atoms with Crippen molar-refractivity contribution in [2.75, 3.05) is 6.61 Å². The molecule has 5 rings (SSSR count). The summed E-state index contributed by atoms with van der Waals surface area (Å²) in [6.07, 6.45) is 1.93. The van der Waals surface area contributed by atoms with Crippen LogP contribution in [0.25, 0.3) is 11.8 Å². The van der Waals surface area contributed by atoms with E-state index in [0.717, 1.165) is 28.2 Å². The normalized spacial score (nSPS) is 15.5. The van der Waals surface area contributed by atoms with Crippen LogP contribution in [0.15, 0.2) is 81.7 Å². The van der Waals surface area contributed by atoms with E-state index >= 15 is 0 Å². The molecular formula is C30H29N3O3S. The Balaban J connectivity index is 1.68. The molecule has 2 aromatic heterocycles. The number of nitrogens with zero attached hydrogens (tertiary/aromatic N) is 3. The molecule has 2 aromatic carbocycles. The SMILES string of the molecule is CCOC(=O)C1=C(C)N=c2s/c(=C\c3cc(C)n(-c4ccc(C)cc4)c3C)c(=O)n2C1c1ccccc1. The van der Waals surface area contributed by atoms with Gasteiger partial charge in [0.2, 0.25) is 0 Å². The van der Waals surface area contributed by atoms with Crippen molar-refractivity contribution in [3.8, 4) is 5.69 Å². The number of carbonyl (C=O) groups is 1. The monoisotopic (exact) mass is 511 g/mol. The van der Waals surface area contributed by atoms with E-state index in [1.807, 2.05) is 36.4 Å². The number of allylic oxidation sites excluding steroid dienone is 1. The minimum atomic E-state index is -0.598. The zero-order chi connectivity index (χ0) is 26.3. The fourth-order valence-corrected chi connectivity index (χ4v) is 5.95. The lowest BCUT2D eigenvalue weighted by Crippen LogP contribution is -2.39. The molecule has 0 amide bonds. The average molecular weight is 512 g/mol. The Morgan fingerprint density at radius 2 is 1.76 bits per heavy atom. The summed E-state index contributed by atoms with van der Waals surface area (Å²) in [5, 5.41) is 0. The Morgan fingerprint density at radius 3 is 2.43 bits per heavy atom. The summed E-state index contributed by atoms with van der Waals surface area (Å²) in [7, 11) is 0. The van der Waals surface area contributed by atoms with Gasteiger partial charge in [-0.15, -0.1) is 0 Å². The zero-order valence-electron chi connectivity index (χ0n) is 21.6. The Bertz CT molecular complexity index is 1700. The summed E-state index contributed by atoms with van der Waals surface area (Å²) in [5.41, 5.74) is 7.02. The van der Waals surface area contributed by atoms with Crippen molar-refractivity contribution >= 4 is 23.4 Å². The predicted octanol–water partition coefficient (Wildman–Crippen LogP) is 4.51. The minimum absolute atomic E-state index is 0.174. The third kappa shape index (κ3) is 4.40. The summed E-state index contributed by atoms with van der Waals surface area (Å²) in [4.78, 5) is 32.1. The van der Waals surface area contributed by atoms with Crippen LogP contribution in [-0.2, 0) is 9.53 Å².